The molecule has 0 saturated heterocycles. The van der Waals surface area contributed by atoms with E-state index in [-0.39, 0.29) is 63.8 Å². The predicted molar refractivity (Wildman–Crippen MR) is 352 cm³/mol. The van der Waals surface area contributed by atoms with Gasteiger partial charge in [-0.1, -0.05) is 50.2 Å². The Morgan fingerprint density at radius 2 is 1.39 bits per heavy atom. The largest absolute Gasteiger partial charge is 0.481 e. The Hall–Kier alpha value is -9.15. The highest BCUT2D eigenvalue weighted by Crippen LogP contribution is 2.41. The molecule has 7 aromatic heterocycles. The van der Waals surface area contributed by atoms with Gasteiger partial charge >= 0.3 is 18.0 Å². The van der Waals surface area contributed by atoms with Gasteiger partial charge in [0.1, 0.15) is 82.5 Å². The highest BCUT2D eigenvalue weighted by Gasteiger charge is 2.35. The normalized spacial score (nSPS) is 18.2. The number of aliphatic carboxylic acids is 1. The smallest absolute Gasteiger partial charge is 0.420 e. The Labute approximate surface area is 560 Å². The van der Waals surface area contributed by atoms with Gasteiger partial charge < -0.3 is 51.4 Å². The van der Waals surface area contributed by atoms with Crippen LogP contribution in [-0.2, 0) is 30.5 Å². The fourth-order valence-corrected chi connectivity index (χ4v) is 15.9. The second-order valence-electron chi connectivity index (χ2n) is 22.0. The van der Waals surface area contributed by atoms with Crippen LogP contribution in [0.15, 0.2) is 88.3 Å². The van der Waals surface area contributed by atoms with Crippen molar-refractivity contribution < 1.29 is 63.1 Å². The van der Waals surface area contributed by atoms with Crippen LogP contribution in [0.3, 0.4) is 0 Å². The maximum Gasteiger partial charge on any atom is 0.420 e. The zero-order valence-electron chi connectivity index (χ0n) is 50.6. The highest BCUT2D eigenvalue weighted by molar-refractivity contribution is 7.15. The third-order valence-corrected chi connectivity index (χ3v) is 21.0. The topological polar surface area (TPSA) is 369 Å². The quantitative estimate of drug-likeness (QED) is 0.0532. The van der Waals surface area contributed by atoms with Crippen LogP contribution in [-0.4, -0.2) is 125 Å². The van der Waals surface area contributed by atoms with Crippen LogP contribution < -0.4 is 31.5 Å². The SMILES string of the molecule is CNC(=O)C[C@@H]1NC(=O)c2csc(n2)-c2ccc(-c3nc(N(C(=O)OC4CCC(C(=O)O)CC4)c4cccc(C(=O)O)c4)cs3)nc2-c2csc(n2)-c2csc(n2)[C@H]([C@@H](O)c2ccccc2)NC(=O)CNC(=O)c2nc(sc2COC)[C@H](C(C)C)NC(=O)c2nc1sc2C. The van der Waals surface area contributed by atoms with Crippen LogP contribution in [0.4, 0.5) is 16.3 Å². The van der Waals surface area contributed by atoms with E-state index in [0.717, 1.165) is 61.6 Å². The van der Waals surface area contributed by atoms with Gasteiger partial charge in [0.25, 0.3) is 17.7 Å². The number of nitrogens with zero attached hydrogens (tertiary/aromatic N) is 8. The van der Waals surface area contributed by atoms with Gasteiger partial charge in [-0.05, 0) is 74.4 Å². The van der Waals surface area contributed by atoms with Crippen molar-refractivity contribution >= 4 is 127 Å². The van der Waals surface area contributed by atoms with Gasteiger partial charge in [-0.2, -0.15) is 0 Å². The lowest BCUT2D eigenvalue weighted by Crippen LogP contribution is -2.40. The molecule has 2 aliphatic rings. The fourth-order valence-electron chi connectivity index (χ4n) is 10.4. The molecule has 0 unspecified atom stereocenters. The molecule has 0 radical (unpaired) electrons. The van der Waals surface area contributed by atoms with E-state index >= 15 is 0 Å². The van der Waals surface area contributed by atoms with E-state index in [0.29, 0.717) is 88.7 Å². The van der Waals surface area contributed by atoms with E-state index in [2.05, 4.69) is 26.6 Å². The summed E-state index contributed by atoms with van der Waals surface area (Å²) in [5.41, 5.74) is 2.20. The number of aliphatic hydroxyl groups excluding tert-OH is 1. The van der Waals surface area contributed by atoms with Crippen molar-refractivity contribution in [2.45, 2.75) is 89.8 Å². The summed E-state index contributed by atoms with van der Waals surface area (Å²) >= 11 is 6.89. The number of methoxy groups -OCH3 is 1. The maximum atomic E-state index is 14.5. The van der Waals surface area contributed by atoms with Gasteiger partial charge in [-0.25, -0.2) is 49.4 Å². The number of amides is 6. The van der Waals surface area contributed by atoms with E-state index in [1.54, 1.807) is 70.9 Å². The molecule has 94 heavy (non-hydrogen) atoms. The van der Waals surface area contributed by atoms with Gasteiger partial charge in [0.2, 0.25) is 11.8 Å². The molecule has 32 heteroatoms. The molecule has 0 spiro atoms. The molecule has 1 aliphatic heterocycles. The molecule has 26 nitrogen and oxygen atoms in total. The molecule has 6 amide bonds. The van der Waals surface area contributed by atoms with Crippen LogP contribution in [0.2, 0.25) is 0 Å². The van der Waals surface area contributed by atoms with Crippen molar-refractivity contribution in [1.29, 1.82) is 0 Å². The third-order valence-electron chi connectivity index (χ3n) is 15.3. The van der Waals surface area contributed by atoms with Crippen molar-refractivity contribution in [3.8, 4) is 43.4 Å². The van der Waals surface area contributed by atoms with Crippen LogP contribution in [0.25, 0.3) is 43.4 Å². The Bertz CT molecular complexity index is 4340. The van der Waals surface area contributed by atoms with Crippen LogP contribution in [0.5, 0.6) is 0 Å². The van der Waals surface area contributed by atoms with Gasteiger partial charge in [0.05, 0.1) is 59.4 Å². The summed E-state index contributed by atoms with van der Waals surface area (Å²) in [7, 11) is 2.91. The molecule has 8 N–H and O–H groups in total. The van der Waals surface area contributed by atoms with E-state index < -0.39 is 90.4 Å². The first kappa shape index (κ1) is 66.3. The zero-order valence-corrected chi connectivity index (χ0v) is 55.5. The zero-order chi connectivity index (χ0) is 66.5. The number of rotatable bonds is 13. The number of aromatic nitrogens is 7. The van der Waals surface area contributed by atoms with Crippen molar-refractivity contribution in [1.82, 2.24) is 61.5 Å². The van der Waals surface area contributed by atoms with Crippen molar-refractivity contribution in [2.24, 2.45) is 11.8 Å². The van der Waals surface area contributed by atoms with Gasteiger partial charge in [-0.3, -0.25) is 28.8 Å². The summed E-state index contributed by atoms with van der Waals surface area (Å²) in [6.07, 6.45) is -1.84. The number of hydrogen-bond donors (Lipinski definition) is 8. The predicted octanol–water partition coefficient (Wildman–Crippen LogP) is 9.93. The number of thiazole rings is 6. The lowest BCUT2D eigenvalue weighted by atomic mass is 9.87. The van der Waals surface area contributed by atoms with Gasteiger partial charge in [0, 0.05) is 46.1 Å². The molecule has 9 aromatic rings. The Kier molecular flexibility index (Phi) is 20.5. The average Bonchev–Trinajstić information content (AvgIpc) is 1.62. The number of fused-ring (bicyclic) bond motifs is 14. The molecule has 1 saturated carbocycles. The summed E-state index contributed by atoms with van der Waals surface area (Å²) in [5.74, 6) is -5.96. The summed E-state index contributed by atoms with van der Waals surface area (Å²) in [5, 5.41) is 54.2. The molecule has 10 bridgehead atoms. The molecule has 8 heterocycles. The lowest BCUT2D eigenvalue weighted by molar-refractivity contribution is -0.143. The summed E-state index contributed by atoms with van der Waals surface area (Å²) in [6.45, 7) is 4.87. The number of aromatic carboxylic acids is 1. The second-order valence-corrected chi connectivity index (χ2v) is 27.8. The highest BCUT2D eigenvalue weighted by atomic mass is 32.1. The Balaban J connectivity index is 0.990. The monoisotopic (exact) mass is 1390 g/mol. The first-order chi connectivity index (χ1) is 45.2. The third kappa shape index (κ3) is 14.8. The lowest BCUT2D eigenvalue weighted by Gasteiger charge is -2.28. The average molecular weight is 1390 g/mol. The molecule has 1 aliphatic carbocycles. The van der Waals surface area contributed by atoms with Crippen LogP contribution >= 0.6 is 68.0 Å². The summed E-state index contributed by atoms with van der Waals surface area (Å²) < 4.78 is 11.4. The molecule has 1 fully saturated rings. The number of aliphatic hydroxyl groups is 1. The number of carboxylic acid groups (broad SMARTS) is 2. The van der Waals surface area contributed by atoms with Crippen molar-refractivity contribution in [3.63, 3.8) is 0 Å². The number of hydrogen-bond acceptors (Lipinski definition) is 24. The van der Waals surface area contributed by atoms with E-state index in [1.807, 2.05) is 13.8 Å². The number of ether oxygens (including phenoxy) is 2. The summed E-state index contributed by atoms with van der Waals surface area (Å²) in [4.78, 5) is 144. The standard InChI is InChI=1S/C62H59N13O13S6/c1-28(2)45-59-74-48(41(94-59)23-87-5)52(80)64-22-44(77)71-49(50(78)30-10-7-6-8-11-30)58-69-40(26-91-58)56-67-38(24-90-56)47-35(54-68-39(25-89-54)51(79)66-37(21-43(76)63-4)57-73-46(29(3)93-57)53(81)72-45)18-19-36(65-47)55-70-42(27-92-55)75(33-13-9-12-32(20-33)61(84)85)62(86)88-34-16-14-31(15-17-34)60(82)83/h6-13,18-20,24-28,31,34,37,45,49-50,78H,14-17,21-23H2,1-5H3,(H,63,76)(H,64,80)(H,66,79)(H,71,77)(H,72,81)(H,82,83)(H,84,85)/t31?,34?,37-,45-,49-,50-/m0/s1. The van der Waals surface area contributed by atoms with Crippen molar-refractivity contribution in [3.05, 3.63) is 141 Å². The Morgan fingerprint density at radius 1 is 0.681 bits per heavy atom. The van der Waals surface area contributed by atoms with Crippen molar-refractivity contribution in [2.75, 3.05) is 25.6 Å². The molecule has 2 aromatic carbocycles. The fraction of sp³-hybridized carbons (Fsp3) is 0.306. The minimum absolute atomic E-state index is 0.0189. The van der Waals surface area contributed by atoms with Gasteiger partial charge in [0.15, 0.2) is 5.82 Å². The second kappa shape index (κ2) is 29.0. The molecule has 486 valence electrons. The van der Waals surface area contributed by atoms with E-state index in [9.17, 15) is 53.7 Å². The number of benzene rings is 2. The molecule has 11 rings (SSSR count). The maximum absolute atomic E-state index is 14.5. The summed E-state index contributed by atoms with van der Waals surface area (Å²) in [6, 6.07) is 14.9. The molecule has 4 atom stereocenters. The van der Waals surface area contributed by atoms with Crippen LogP contribution in [0.1, 0.15) is 142 Å². The number of anilines is 2. The first-order valence-corrected chi connectivity index (χ1v) is 34.4. The number of nitrogens with one attached hydrogen (secondary N) is 5. The number of carboxylic acids is 2. The minimum Gasteiger partial charge on any atom is -0.481 e. The Morgan fingerprint density at radius 3 is 2.13 bits per heavy atom. The molecular weight excluding hydrogens is 1330 g/mol. The number of carbonyl (C=O) groups is 8. The number of carbonyl (C=O) groups excluding carboxylic acids is 6. The first-order valence-electron chi connectivity index (χ1n) is 29.2. The molecular formula is C62H59N13O13S6. The number of aryl methyl sites for hydroxylation is 1. The van der Waals surface area contributed by atoms with E-state index in [1.165, 1.54) is 49.8 Å². The number of pyridine rings is 1. The van der Waals surface area contributed by atoms with Gasteiger partial charge in [-0.15, -0.1) is 68.0 Å². The van der Waals surface area contributed by atoms with E-state index in [4.69, 9.17) is 44.4 Å². The minimum atomic E-state index is -1.32. The van der Waals surface area contributed by atoms with Crippen LogP contribution in [0, 0.1) is 18.8 Å².